The molecule has 1 aliphatic rings. The molecule has 0 atom stereocenters. The number of aryl methyl sites for hydroxylation is 1. The topological polar surface area (TPSA) is 30.2 Å². The van der Waals surface area contributed by atoms with E-state index in [4.69, 9.17) is 4.42 Å². The third-order valence-corrected chi connectivity index (χ3v) is 3.53. The Hall–Kier alpha value is -1.35. The SMILES string of the molecule is O=C1CCc2cc(-c3occc3Br)ccc21. The Balaban J connectivity index is 2.12. The molecule has 0 amide bonds. The van der Waals surface area contributed by atoms with Crippen LogP contribution in [-0.2, 0) is 6.42 Å². The van der Waals surface area contributed by atoms with Gasteiger partial charge in [0.25, 0.3) is 0 Å². The molecule has 1 aliphatic carbocycles. The number of Topliss-reactive ketones (excluding diaryl/α,β-unsaturated/α-hetero) is 1. The van der Waals surface area contributed by atoms with Gasteiger partial charge in [0.05, 0.1) is 10.7 Å². The van der Waals surface area contributed by atoms with Crippen molar-refractivity contribution >= 4 is 21.7 Å². The number of halogens is 1. The largest absolute Gasteiger partial charge is 0.463 e. The highest BCUT2D eigenvalue weighted by Gasteiger charge is 2.20. The lowest BCUT2D eigenvalue weighted by molar-refractivity contribution is 0.0994. The predicted molar refractivity (Wildman–Crippen MR) is 64.5 cm³/mol. The summed E-state index contributed by atoms with van der Waals surface area (Å²) in [7, 11) is 0. The van der Waals surface area contributed by atoms with Crippen molar-refractivity contribution in [3.63, 3.8) is 0 Å². The fourth-order valence-electron chi connectivity index (χ4n) is 2.10. The summed E-state index contributed by atoms with van der Waals surface area (Å²) in [6, 6.07) is 7.75. The molecular weight excluding hydrogens is 268 g/mol. The molecule has 0 unspecified atom stereocenters. The molecule has 0 fully saturated rings. The summed E-state index contributed by atoms with van der Waals surface area (Å²) in [4.78, 5) is 11.5. The van der Waals surface area contributed by atoms with Gasteiger partial charge < -0.3 is 4.42 Å². The molecule has 0 aliphatic heterocycles. The van der Waals surface area contributed by atoms with Crippen molar-refractivity contribution in [2.45, 2.75) is 12.8 Å². The molecule has 3 heteroatoms. The van der Waals surface area contributed by atoms with Gasteiger partial charge in [-0.15, -0.1) is 0 Å². The van der Waals surface area contributed by atoms with E-state index in [1.165, 1.54) is 0 Å². The molecule has 0 saturated heterocycles. The summed E-state index contributed by atoms with van der Waals surface area (Å²) < 4.78 is 6.35. The van der Waals surface area contributed by atoms with E-state index < -0.39 is 0 Å². The van der Waals surface area contributed by atoms with Crippen LogP contribution in [0.1, 0.15) is 22.3 Å². The fourth-order valence-corrected chi connectivity index (χ4v) is 2.53. The van der Waals surface area contributed by atoms with Crippen LogP contribution in [0.5, 0.6) is 0 Å². The quantitative estimate of drug-likeness (QED) is 0.792. The summed E-state index contributed by atoms with van der Waals surface area (Å²) in [5.74, 6) is 1.07. The van der Waals surface area contributed by atoms with Crippen LogP contribution in [0.2, 0.25) is 0 Å². The van der Waals surface area contributed by atoms with Gasteiger partial charge in [-0.25, -0.2) is 0 Å². The van der Waals surface area contributed by atoms with Crippen LogP contribution in [0, 0.1) is 0 Å². The van der Waals surface area contributed by atoms with Crippen molar-refractivity contribution in [3.05, 3.63) is 46.1 Å². The highest BCUT2D eigenvalue weighted by Crippen LogP contribution is 2.32. The number of rotatable bonds is 1. The van der Waals surface area contributed by atoms with Crippen molar-refractivity contribution in [1.29, 1.82) is 0 Å². The van der Waals surface area contributed by atoms with Gasteiger partial charge in [-0.3, -0.25) is 4.79 Å². The van der Waals surface area contributed by atoms with Crippen molar-refractivity contribution < 1.29 is 9.21 Å². The van der Waals surface area contributed by atoms with E-state index in [2.05, 4.69) is 15.9 Å². The van der Waals surface area contributed by atoms with Crippen LogP contribution in [0.25, 0.3) is 11.3 Å². The first-order chi connectivity index (χ1) is 7.75. The van der Waals surface area contributed by atoms with Crippen LogP contribution < -0.4 is 0 Å². The maximum atomic E-state index is 11.5. The van der Waals surface area contributed by atoms with Crippen LogP contribution in [0.3, 0.4) is 0 Å². The Morgan fingerprint density at radius 2 is 2.06 bits per heavy atom. The van der Waals surface area contributed by atoms with Crippen molar-refractivity contribution in [2.75, 3.05) is 0 Å². The average molecular weight is 277 g/mol. The van der Waals surface area contributed by atoms with Gasteiger partial charge in [0.1, 0.15) is 5.76 Å². The molecule has 1 heterocycles. The van der Waals surface area contributed by atoms with E-state index in [1.807, 2.05) is 24.3 Å². The number of fused-ring (bicyclic) bond motifs is 1. The first kappa shape index (κ1) is 9.85. The summed E-state index contributed by atoms with van der Waals surface area (Å²) in [5.41, 5.74) is 3.02. The molecule has 0 radical (unpaired) electrons. The second-order valence-corrected chi connectivity index (χ2v) is 4.75. The van der Waals surface area contributed by atoms with Crippen molar-refractivity contribution in [1.82, 2.24) is 0 Å². The molecular formula is C13H9BrO2. The third-order valence-electron chi connectivity index (χ3n) is 2.91. The minimum atomic E-state index is 0.250. The number of hydrogen-bond donors (Lipinski definition) is 0. The Bertz CT molecular complexity index is 569. The van der Waals surface area contributed by atoms with Crippen LogP contribution in [-0.4, -0.2) is 5.78 Å². The molecule has 0 bridgehead atoms. The molecule has 1 aromatic carbocycles. The Labute approximate surface area is 101 Å². The molecule has 16 heavy (non-hydrogen) atoms. The Morgan fingerprint density at radius 1 is 1.19 bits per heavy atom. The molecule has 2 aromatic rings. The normalized spacial score (nSPS) is 14.2. The molecule has 3 rings (SSSR count). The van der Waals surface area contributed by atoms with E-state index in [0.717, 1.165) is 33.3 Å². The van der Waals surface area contributed by atoms with Gasteiger partial charge in [-0.2, -0.15) is 0 Å². The molecule has 1 aromatic heterocycles. The van der Waals surface area contributed by atoms with Crippen LogP contribution in [0.15, 0.2) is 39.4 Å². The summed E-state index contributed by atoms with van der Waals surface area (Å²) in [6.45, 7) is 0. The highest BCUT2D eigenvalue weighted by atomic mass is 79.9. The molecule has 80 valence electrons. The van der Waals surface area contributed by atoms with Crippen LogP contribution in [0.4, 0.5) is 0 Å². The van der Waals surface area contributed by atoms with Gasteiger partial charge in [0.15, 0.2) is 5.78 Å². The predicted octanol–water partition coefficient (Wildman–Crippen LogP) is 3.84. The number of carbonyl (C=O) groups excluding carboxylic acids is 1. The maximum Gasteiger partial charge on any atom is 0.163 e. The first-order valence-electron chi connectivity index (χ1n) is 5.15. The number of ketones is 1. The second kappa shape index (κ2) is 3.59. The van der Waals surface area contributed by atoms with E-state index in [0.29, 0.717) is 6.42 Å². The summed E-state index contributed by atoms with van der Waals surface area (Å²) in [5, 5.41) is 0. The highest BCUT2D eigenvalue weighted by molar-refractivity contribution is 9.10. The van der Waals surface area contributed by atoms with Crippen molar-refractivity contribution in [2.24, 2.45) is 0 Å². The third kappa shape index (κ3) is 1.43. The number of carbonyl (C=O) groups is 1. The van der Waals surface area contributed by atoms with Gasteiger partial charge in [-0.1, -0.05) is 12.1 Å². The second-order valence-electron chi connectivity index (χ2n) is 3.89. The average Bonchev–Trinajstić information content (AvgIpc) is 2.86. The zero-order valence-corrected chi connectivity index (χ0v) is 10.1. The zero-order valence-electron chi connectivity index (χ0n) is 8.50. The number of furan rings is 1. The molecule has 0 spiro atoms. The van der Waals surface area contributed by atoms with Crippen molar-refractivity contribution in [3.8, 4) is 11.3 Å². The lowest BCUT2D eigenvalue weighted by Crippen LogP contribution is -1.90. The summed E-state index contributed by atoms with van der Waals surface area (Å²) >= 11 is 3.43. The minimum absolute atomic E-state index is 0.250. The molecule has 2 nitrogen and oxygen atoms in total. The number of benzene rings is 1. The van der Waals surface area contributed by atoms with Gasteiger partial charge in [-0.05, 0) is 40.0 Å². The minimum Gasteiger partial charge on any atom is -0.463 e. The van der Waals surface area contributed by atoms with E-state index >= 15 is 0 Å². The monoisotopic (exact) mass is 276 g/mol. The van der Waals surface area contributed by atoms with Gasteiger partial charge >= 0.3 is 0 Å². The van der Waals surface area contributed by atoms with E-state index in [-0.39, 0.29) is 5.78 Å². The smallest absolute Gasteiger partial charge is 0.163 e. The lowest BCUT2D eigenvalue weighted by Gasteiger charge is -2.02. The standard InChI is InChI=1S/C13H9BrO2/c14-11-5-6-16-13(11)9-1-3-10-8(7-9)2-4-12(10)15/h1,3,5-7H,2,4H2. The maximum absolute atomic E-state index is 11.5. The van der Waals surface area contributed by atoms with E-state index in [1.54, 1.807) is 6.26 Å². The van der Waals surface area contributed by atoms with E-state index in [9.17, 15) is 4.79 Å². The zero-order chi connectivity index (χ0) is 11.1. The van der Waals surface area contributed by atoms with Gasteiger partial charge in [0.2, 0.25) is 0 Å². The number of hydrogen-bond acceptors (Lipinski definition) is 2. The summed E-state index contributed by atoms with van der Waals surface area (Å²) in [6.07, 6.45) is 3.14. The van der Waals surface area contributed by atoms with Crippen LogP contribution >= 0.6 is 15.9 Å². The fraction of sp³-hybridized carbons (Fsp3) is 0.154. The first-order valence-corrected chi connectivity index (χ1v) is 5.94. The molecule has 0 N–H and O–H groups in total. The lowest BCUT2D eigenvalue weighted by atomic mass is 10.0. The Kier molecular flexibility index (Phi) is 2.21. The van der Waals surface area contributed by atoms with Gasteiger partial charge in [0, 0.05) is 17.5 Å². The molecule has 0 saturated carbocycles. The Morgan fingerprint density at radius 3 is 2.81 bits per heavy atom.